The van der Waals surface area contributed by atoms with Gasteiger partial charge in [0.2, 0.25) is 0 Å². The summed E-state index contributed by atoms with van der Waals surface area (Å²) in [6.45, 7) is 33.2. The van der Waals surface area contributed by atoms with Gasteiger partial charge in [-0.3, -0.25) is 0 Å². The van der Waals surface area contributed by atoms with Crippen molar-refractivity contribution in [1.29, 1.82) is 0 Å². The standard InChI is InChI=1S/C31H56O3Si2/c1-20(2)22-16-17-31(10)26(22)23-18-21(3)19-24(32-11)25(23)27(33-35(12,13)29(4,5)6)28(31)34-36(14,15)30(7,8)9/h18-20,22,26-28H,16-17H2,1-15H3/t22-,26-,27+,28+,31-/m1/s1. The Kier molecular flexibility index (Phi) is 7.92. The van der Waals surface area contributed by atoms with E-state index in [1.165, 1.54) is 29.5 Å². The van der Waals surface area contributed by atoms with Crippen molar-refractivity contribution in [3.8, 4) is 5.75 Å². The second-order valence-electron chi connectivity index (χ2n) is 15.5. The molecule has 3 rings (SSSR count). The summed E-state index contributed by atoms with van der Waals surface area (Å²) in [5.74, 6) is 2.70. The molecule has 1 fully saturated rings. The topological polar surface area (TPSA) is 27.7 Å². The second kappa shape index (κ2) is 9.53. The fourth-order valence-corrected chi connectivity index (χ4v) is 8.85. The van der Waals surface area contributed by atoms with E-state index in [1.54, 1.807) is 0 Å². The van der Waals surface area contributed by atoms with E-state index in [4.69, 9.17) is 13.6 Å². The predicted molar refractivity (Wildman–Crippen MR) is 159 cm³/mol. The van der Waals surface area contributed by atoms with Crippen molar-refractivity contribution in [1.82, 2.24) is 0 Å². The van der Waals surface area contributed by atoms with Crippen LogP contribution in [0.25, 0.3) is 0 Å². The Morgan fingerprint density at radius 3 is 1.92 bits per heavy atom. The van der Waals surface area contributed by atoms with E-state index >= 15 is 0 Å². The lowest BCUT2D eigenvalue weighted by Crippen LogP contribution is -2.56. The molecule has 206 valence electrons. The van der Waals surface area contributed by atoms with E-state index in [0.717, 1.165) is 5.75 Å². The van der Waals surface area contributed by atoms with Crippen LogP contribution >= 0.6 is 0 Å². The van der Waals surface area contributed by atoms with Crippen LogP contribution in [0.15, 0.2) is 12.1 Å². The minimum atomic E-state index is -2.11. The van der Waals surface area contributed by atoms with Crippen molar-refractivity contribution < 1.29 is 13.6 Å². The van der Waals surface area contributed by atoms with Crippen LogP contribution in [0.2, 0.25) is 36.3 Å². The van der Waals surface area contributed by atoms with Gasteiger partial charge < -0.3 is 13.6 Å². The number of fused-ring (bicyclic) bond motifs is 3. The normalized spacial score (nSPS) is 29.3. The van der Waals surface area contributed by atoms with Crippen LogP contribution in [0.1, 0.15) is 104 Å². The van der Waals surface area contributed by atoms with Gasteiger partial charge in [-0.05, 0) is 91.0 Å². The van der Waals surface area contributed by atoms with Crippen molar-refractivity contribution in [2.24, 2.45) is 17.3 Å². The van der Waals surface area contributed by atoms with Crippen LogP contribution in [0, 0.1) is 24.2 Å². The van der Waals surface area contributed by atoms with Gasteiger partial charge in [0.15, 0.2) is 16.6 Å². The summed E-state index contributed by atoms with van der Waals surface area (Å²) < 4.78 is 21.1. The first kappa shape index (κ1) is 29.9. The van der Waals surface area contributed by atoms with E-state index in [9.17, 15) is 0 Å². The Morgan fingerprint density at radius 1 is 0.917 bits per heavy atom. The summed E-state index contributed by atoms with van der Waals surface area (Å²) in [5, 5.41) is 0.245. The molecule has 2 aliphatic carbocycles. The molecule has 0 saturated heterocycles. The Bertz CT molecular complexity index is 954. The lowest BCUT2D eigenvalue weighted by molar-refractivity contribution is -0.0659. The molecule has 0 aliphatic heterocycles. The molecule has 1 saturated carbocycles. The molecule has 0 radical (unpaired) electrons. The molecule has 0 unspecified atom stereocenters. The van der Waals surface area contributed by atoms with Crippen LogP contribution < -0.4 is 4.74 Å². The fourth-order valence-electron chi connectivity index (χ4n) is 6.24. The van der Waals surface area contributed by atoms with Crippen molar-refractivity contribution in [3.05, 3.63) is 28.8 Å². The zero-order valence-corrected chi connectivity index (χ0v) is 28.2. The molecular formula is C31H56O3Si2. The van der Waals surface area contributed by atoms with Gasteiger partial charge in [0, 0.05) is 11.0 Å². The van der Waals surface area contributed by atoms with Gasteiger partial charge in [-0.2, -0.15) is 0 Å². The second-order valence-corrected chi connectivity index (χ2v) is 25.0. The Hall–Kier alpha value is -0.626. The fraction of sp³-hybridized carbons (Fsp3) is 0.806. The molecule has 0 amide bonds. The Balaban J connectivity index is 2.35. The molecular weight excluding hydrogens is 477 g/mol. The van der Waals surface area contributed by atoms with Crippen molar-refractivity contribution in [3.63, 3.8) is 0 Å². The highest BCUT2D eigenvalue weighted by atomic mass is 28.4. The molecule has 1 aromatic carbocycles. The van der Waals surface area contributed by atoms with Crippen LogP contribution in [0.4, 0.5) is 0 Å². The zero-order valence-electron chi connectivity index (χ0n) is 26.2. The van der Waals surface area contributed by atoms with Crippen molar-refractivity contribution in [2.75, 3.05) is 7.11 Å². The summed E-state index contributed by atoms with van der Waals surface area (Å²) in [5.41, 5.74) is 4.04. The van der Waals surface area contributed by atoms with E-state index in [2.05, 4.69) is 108 Å². The van der Waals surface area contributed by atoms with Crippen LogP contribution in [0.3, 0.4) is 0 Å². The molecule has 5 atom stereocenters. The molecule has 0 aromatic heterocycles. The van der Waals surface area contributed by atoms with Crippen LogP contribution in [-0.4, -0.2) is 29.8 Å². The highest BCUT2D eigenvalue weighted by Crippen LogP contribution is 2.66. The van der Waals surface area contributed by atoms with Crippen LogP contribution in [-0.2, 0) is 8.85 Å². The van der Waals surface area contributed by atoms with E-state index in [1.807, 2.05) is 7.11 Å². The largest absolute Gasteiger partial charge is 0.496 e. The molecule has 5 heteroatoms. The summed E-state index contributed by atoms with van der Waals surface area (Å²) in [7, 11) is -2.36. The highest BCUT2D eigenvalue weighted by molar-refractivity contribution is 6.74. The van der Waals surface area contributed by atoms with Gasteiger partial charge in [0.25, 0.3) is 0 Å². The summed E-state index contributed by atoms with van der Waals surface area (Å²) in [4.78, 5) is 0. The Morgan fingerprint density at radius 2 is 1.44 bits per heavy atom. The maximum absolute atomic E-state index is 7.53. The van der Waals surface area contributed by atoms with Gasteiger partial charge in [-0.1, -0.05) is 68.4 Å². The molecule has 2 aliphatic rings. The lowest BCUT2D eigenvalue weighted by Gasteiger charge is -2.55. The lowest BCUT2D eigenvalue weighted by atomic mass is 9.61. The first-order valence-electron chi connectivity index (χ1n) is 14.2. The van der Waals surface area contributed by atoms with E-state index < -0.39 is 16.6 Å². The van der Waals surface area contributed by atoms with Gasteiger partial charge in [-0.25, -0.2) is 0 Å². The summed E-state index contributed by atoms with van der Waals surface area (Å²) in [6, 6.07) is 4.66. The summed E-state index contributed by atoms with van der Waals surface area (Å²) >= 11 is 0. The Labute approximate surface area is 225 Å². The first-order chi connectivity index (χ1) is 16.2. The molecule has 0 N–H and O–H groups in total. The van der Waals surface area contributed by atoms with E-state index in [0.29, 0.717) is 17.8 Å². The minimum absolute atomic E-state index is 0.0189. The monoisotopic (exact) mass is 532 g/mol. The smallest absolute Gasteiger partial charge is 0.193 e. The SMILES string of the molecule is COc1cc(C)cc2c1[C@H](O[Si](C)(C)C(C)(C)C)[C@H](O[Si](C)(C)C(C)(C)C)[C@]1(C)CC[C@H](C(C)C)[C@H]21. The van der Waals surface area contributed by atoms with Gasteiger partial charge in [-0.15, -0.1) is 0 Å². The van der Waals surface area contributed by atoms with Crippen molar-refractivity contribution in [2.45, 2.75) is 136 Å². The number of rotatable bonds is 6. The number of hydrogen-bond donors (Lipinski definition) is 0. The minimum Gasteiger partial charge on any atom is -0.496 e. The molecule has 3 nitrogen and oxygen atoms in total. The van der Waals surface area contributed by atoms with Gasteiger partial charge >= 0.3 is 0 Å². The average molecular weight is 533 g/mol. The van der Waals surface area contributed by atoms with Crippen molar-refractivity contribution >= 4 is 16.6 Å². The van der Waals surface area contributed by atoms with E-state index in [-0.39, 0.29) is 27.7 Å². The number of ether oxygens (including phenoxy) is 1. The predicted octanol–water partition coefficient (Wildman–Crippen LogP) is 9.63. The number of methoxy groups -OCH3 is 1. The molecule has 0 spiro atoms. The molecule has 1 aromatic rings. The molecule has 0 heterocycles. The van der Waals surface area contributed by atoms with Gasteiger partial charge in [0.05, 0.1) is 19.3 Å². The average Bonchev–Trinajstić information content (AvgIpc) is 3.06. The third kappa shape index (κ3) is 5.03. The third-order valence-corrected chi connectivity index (χ3v) is 19.5. The molecule has 0 bridgehead atoms. The zero-order chi connectivity index (χ0) is 27.6. The summed E-state index contributed by atoms with van der Waals surface area (Å²) in [6.07, 6.45) is 2.34. The third-order valence-electron chi connectivity index (χ3n) is 10.5. The number of benzene rings is 1. The maximum atomic E-state index is 7.53. The number of hydrogen-bond acceptors (Lipinski definition) is 3. The quantitative estimate of drug-likeness (QED) is 0.341. The van der Waals surface area contributed by atoms with Gasteiger partial charge in [0.1, 0.15) is 5.75 Å². The maximum Gasteiger partial charge on any atom is 0.193 e. The highest BCUT2D eigenvalue weighted by Gasteiger charge is 2.61. The van der Waals surface area contributed by atoms with Crippen LogP contribution in [0.5, 0.6) is 5.75 Å². The number of aryl methyl sites for hydroxylation is 1. The first-order valence-corrected chi connectivity index (χ1v) is 20.0. The molecule has 36 heavy (non-hydrogen) atoms.